The van der Waals surface area contributed by atoms with Crippen molar-refractivity contribution in [3.8, 4) is 0 Å². The lowest BCUT2D eigenvalue weighted by atomic mass is 9.95. The van der Waals surface area contributed by atoms with Crippen molar-refractivity contribution in [2.45, 2.75) is 59.2 Å². The van der Waals surface area contributed by atoms with Crippen LogP contribution < -0.4 is 5.32 Å². The van der Waals surface area contributed by atoms with E-state index in [0.717, 1.165) is 18.4 Å². The fraction of sp³-hybridized carbons (Fsp3) is 0.556. The normalized spacial score (nSPS) is 16.0. The minimum Gasteiger partial charge on any atom is -0.344 e. The average molecular weight is 302 g/mol. The summed E-state index contributed by atoms with van der Waals surface area (Å²) < 4.78 is 0. The zero-order valence-corrected chi connectivity index (χ0v) is 13.9. The smallest absolute Gasteiger partial charge is 0.245 e. The lowest BCUT2D eigenvalue weighted by Gasteiger charge is -2.28. The summed E-state index contributed by atoms with van der Waals surface area (Å²) in [5.74, 6) is -0.0900. The van der Waals surface area contributed by atoms with Crippen LogP contribution in [0.25, 0.3) is 0 Å². The molecule has 0 radical (unpaired) electrons. The molecule has 4 heteroatoms. The van der Waals surface area contributed by atoms with Gasteiger partial charge in [-0.2, -0.15) is 0 Å². The van der Waals surface area contributed by atoms with Gasteiger partial charge in [0.1, 0.15) is 6.04 Å². The van der Waals surface area contributed by atoms with Gasteiger partial charge in [-0.3, -0.25) is 9.59 Å². The van der Waals surface area contributed by atoms with Gasteiger partial charge in [0.2, 0.25) is 11.8 Å². The first-order valence-electron chi connectivity index (χ1n) is 7.94. The van der Waals surface area contributed by atoms with Crippen LogP contribution in [0.4, 0.5) is 0 Å². The predicted octanol–water partition coefficient (Wildman–Crippen LogP) is 2.73. The van der Waals surface area contributed by atoms with Gasteiger partial charge in [0.15, 0.2) is 0 Å². The van der Waals surface area contributed by atoms with E-state index in [1.165, 1.54) is 0 Å². The van der Waals surface area contributed by atoms with Crippen molar-refractivity contribution in [2.24, 2.45) is 5.41 Å². The molecular weight excluding hydrogens is 276 g/mol. The van der Waals surface area contributed by atoms with Crippen LogP contribution in [-0.4, -0.2) is 28.8 Å². The quantitative estimate of drug-likeness (QED) is 0.909. The van der Waals surface area contributed by atoms with Gasteiger partial charge < -0.3 is 10.2 Å². The van der Waals surface area contributed by atoms with Crippen LogP contribution in [0.15, 0.2) is 30.3 Å². The fourth-order valence-corrected chi connectivity index (χ4v) is 2.28. The Labute approximate surface area is 132 Å². The summed E-state index contributed by atoms with van der Waals surface area (Å²) in [5.41, 5.74) is 0.635. The molecule has 1 fully saturated rings. The number of rotatable bonds is 5. The molecule has 120 valence electrons. The molecule has 4 nitrogen and oxygen atoms in total. The summed E-state index contributed by atoms with van der Waals surface area (Å²) >= 11 is 0. The fourth-order valence-electron chi connectivity index (χ4n) is 2.28. The highest BCUT2D eigenvalue weighted by molar-refractivity contribution is 5.89. The Balaban J connectivity index is 2.02. The molecule has 1 aromatic carbocycles. The van der Waals surface area contributed by atoms with Crippen molar-refractivity contribution < 1.29 is 9.59 Å². The monoisotopic (exact) mass is 302 g/mol. The number of benzene rings is 1. The third-order valence-electron chi connectivity index (χ3n) is 3.87. The van der Waals surface area contributed by atoms with Crippen LogP contribution in [0.2, 0.25) is 0 Å². The van der Waals surface area contributed by atoms with Crippen molar-refractivity contribution in [2.75, 3.05) is 0 Å². The SMILES string of the molecule is CC(NC(=O)C(C)(C)C)C(=O)N(Cc1ccccc1)C1CC1. The molecule has 22 heavy (non-hydrogen) atoms. The van der Waals surface area contributed by atoms with E-state index in [2.05, 4.69) is 5.32 Å². The van der Waals surface area contributed by atoms with Gasteiger partial charge in [-0.1, -0.05) is 51.1 Å². The number of carbonyl (C=O) groups excluding carboxylic acids is 2. The molecule has 0 heterocycles. The van der Waals surface area contributed by atoms with Crippen molar-refractivity contribution in [1.82, 2.24) is 10.2 Å². The maximum absolute atomic E-state index is 12.7. The summed E-state index contributed by atoms with van der Waals surface area (Å²) in [6.45, 7) is 7.93. The van der Waals surface area contributed by atoms with Crippen molar-refractivity contribution in [3.05, 3.63) is 35.9 Å². The summed E-state index contributed by atoms with van der Waals surface area (Å²) in [5, 5.41) is 2.84. The summed E-state index contributed by atoms with van der Waals surface area (Å²) in [6, 6.07) is 9.82. The Morgan fingerprint density at radius 3 is 2.32 bits per heavy atom. The van der Waals surface area contributed by atoms with E-state index >= 15 is 0 Å². The Morgan fingerprint density at radius 2 is 1.82 bits per heavy atom. The van der Waals surface area contributed by atoms with Gasteiger partial charge in [0.05, 0.1) is 0 Å². The second kappa shape index (κ2) is 6.51. The summed E-state index contributed by atoms with van der Waals surface area (Å²) in [7, 11) is 0. The van der Waals surface area contributed by atoms with E-state index < -0.39 is 11.5 Å². The van der Waals surface area contributed by atoms with Crippen LogP contribution in [0.1, 0.15) is 46.1 Å². The third-order valence-corrected chi connectivity index (χ3v) is 3.87. The molecule has 1 N–H and O–H groups in total. The number of amides is 2. The number of nitrogens with zero attached hydrogens (tertiary/aromatic N) is 1. The van der Waals surface area contributed by atoms with Gasteiger partial charge in [0.25, 0.3) is 0 Å². The average Bonchev–Trinajstić information content (AvgIpc) is 3.28. The van der Waals surface area contributed by atoms with E-state index in [4.69, 9.17) is 0 Å². The lowest BCUT2D eigenvalue weighted by molar-refractivity contribution is -0.139. The maximum atomic E-state index is 12.7. The van der Waals surface area contributed by atoms with Crippen LogP contribution in [0.5, 0.6) is 0 Å². The zero-order chi connectivity index (χ0) is 16.3. The number of hydrogen-bond acceptors (Lipinski definition) is 2. The van der Waals surface area contributed by atoms with E-state index in [1.807, 2.05) is 56.0 Å². The van der Waals surface area contributed by atoms with Crippen molar-refractivity contribution in [1.29, 1.82) is 0 Å². The molecule has 1 aliphatic carbocycles. The minimum atomic E-state index is -0.490. The van der Waals surface area contributed by atoms with Gasteiger partial charge in [-0.15, -0.1) is 0 Å². The highest BCUT2D eigenvalue weighted by Gasteiger charge is 2.35. The van der Waals surface area contributed by atoms with E-state index in [9.17, 15) is 9.59 Å². The molecule has 1 saturated carbocycles. The largest absolute Gasteiger partial charge is 0.344 e. The summed E-state index contributed by atoms with van der Waals surface area (Å²) in [6.07, 6.45) is 2.11. The topological polar surface area (TPSA) is 49.4 Å². The van der Waals surface area contributed by atoms with E-state index in [-0.39, 0.29) is 11.8 Å². The molecule has 0 bridgehead atoms. The molecular formula is C18H26N2O2. The molecule has 1 atom stereocenters. The van der Waals surface area contributed by atoms with Crippen LogP contribution >= 0.6 is 0 Å². The van der Waals surface area contributed by atoms with Gasteiger partial charge in [0, 0.05) is 18.0 Å². The van der Waals surface area contributed by atoms with Gasteiger partial charge in [-0.25, -0.2) is 0 Å². The molecule has 2 rings (SSSR count). The Kier molecular flexibility index (Phi) is 4.89. The molecule has 2 amide bonds. The first-order chi connectivity index (χ1) is 10.3. The standard InChI is InChI=1S/C18H26N2O2/c1-13(19-17(22)18(2,3)4)16(21)20(15-10-11-15)12-14-8-6-5-7-9-14/h5-9,13,15H,10-12H2,1-4H3,(H,19,22). The molecule has 1 aliphatic rings. The molecule has 0 aromatic heterocycles. The third kappa shape index (κ3) is 4.33. The lowest BCUT2D eigenvalue weighted by Crippen LogP contribution is -2.50. The Hall–Kier alpha value is -1.84. The molecule has 1 aromatic rings. The number of nitrogens with one attached hydrogen (secondary N) is 1. The number of hydrogen-bond donors (Lipinski definition) is 1. The van der Waals surface area contributed by atoms with E-state index in [0.29, 0.717) is 12.6 Å². The van der Waals surface area contributed by atoms with Crippen LogP contribution in [0, 0.1) is 5.41 Å². The second-order valence-electron chi connectivity index (χ2n) is 7.13. The Bertz CT molecular complexity index is 530. The summed E-state index contributed by atoms with van der Waals surface area (Å²) in [4.78, 5) is 26.7. The van der Waals surface area contributed by atoms with Crippen LogP contribution in [-0.2, 0) is 16.1 Å². The van der Waals surface area contributed by atoms with Gasteiger partial charge in [-0.05, 0) is 25.3 Å². The first kappa shape index (κ1) is 16.5. The van der Waals surface area contributed by atoms with Crippen molar-refractivity contribution >= 4 is 11.8 Å². The Morgan fingerprint density at radius 1 is 1.23 bits per heavy atom. The highest BCUT2D eigenvalue weighted by atomic mass is 16.2. The van der Waals surface area contributed by atoms with Gasteiger partial charge >= 0.3 is 0 Å². The molecule has 0 saturated heterocycles. The second-order valence-corrected chi connectivity index (χ2v) is 7.13. The highest BCUT2D eigenvalue weighted by Crippen LogP contribution is 2.29. The predicted molar refractivity (Wildman–Crippen MR) is 87.1 cm³/mol. The van der Waals surface area contributed by atoms with E-state index in [1.54, 1.807) is 6.92 Å². The molecule has 0 aliphatic heterocycles. The molecule has 1 unspecified atom stereocenters. The zero-order valence-electron chi connectivity index (χ0n) is 13.9. The van der Waals surface area contributed by atoms with Crippen molar-refractivity contribution in [3.63, 3.8) is 0 Å². The number of carbonyl (C=O) groups is 2. The first-order valence-corrected chi connectivity index (χ1v) is 7.94. The molecule has 0 spiro atoms. The van der Waals surface area contributed by atoms with Crippen LogP contribution in [0.3, 0.4) is 0 Å². The maximum Gasteiger partial charge on any atom is 0.245 e. The minimum absolute atomic E-state index is 0.00366.